The van der Waals surface area contributed by atoms with E-state index in [4.69, 9.17) is 16.3 Å². The second-order valence-corrected chi connectivity index (χ2v) is 8.25. The van der Waals surface area contributed by atoms with Gasteiger partial charge in [0.25, 0.3) is 11.5 Å². The minimum atomic E-state index is -0.292. The van der Waals surface area contributed by atoms with E-state index < -0.39 is 0 Å². The first-order valence-corrected chi connectivity index (χ1v) is 10.8. The van der Waals surface area contributed by atoms with Crippen molar-refractivity contribution in [2.75, 3.05) is 25.6 Å². The number of aromatic nitrogens is 3. The van der Waals surface area contributed by atoms with Crippen LogP contribution in [0.3, 0.4) is 0 Å². The van der Waals surface area contributed by atoms with E-state index >= 15 is 0 Å². The van der Waals surface area contributed by atoms with Gasteiger partial charge in [0.15, 0.2) is 0 Å². The zero-order valence-electron chi connectivity index (χ0n) is 16.9. The summed E-state index contributed by atoms with van der Waals surface area (Å²) in [5.41, 5.74) is 2.29. The van der Waals surface area contributed by atoms with E-state index in [1.165, 1.54) is 15.9 Å². The molecule has 2 aromatic carbocycles. The van der Waals surface area contributed by atoms with Crippen LogP contribution >= 0.6 is 22.9 Å². The Balaban J connectivity index is 1.65. The van der Waals surface area contributed by atoms with E-state index in [9.17, 15) is 9.59 Å². The van der Waals surface area contributed by atoms with Gasteiger partial charge >= 0.3 is 0 Å². The van der Waals surface area contributed by atoms with Crippen LogP contribution < -0.4 is 16.2 Å². The fourth-order valence-electron chi connectivity index (χ4n) is 3.08. The van der Waals surface area contributed by atoms with Crippen molar-refractivity contribution < 1.29 is 9.53 Å². The first-order chi connectivity index (χ1) is 15.0. The van der Waals surface area contributed by atoms with Crippen molar-refractivity contribution in [2.24, 2.45) is 0 Å². The van der Waals surface area contributed by atoms with Crippen LogP contribution in [0.5, 0.6) is 0 Å². The lowest BCUT2D eigenvalue weighted by atomic mass is 10.1. The highest BCUT2D eigenvalue weighted by molar-refractivity contribution is 7.20. The molecule has 160 valence electrons. The Morgan fingerprint density at radius 2 is 2.13 bits per heavy atom. The molecule has 0 saturated carbocycles. The van der Waals surface area contributed by atoms with Gasteiger partial charge in [0.05, 0.1) is 10.9 Å². The van der Waals surface area contributed by atoms with Crippen LogP contribution in [0.2, 0.25) is 5.02 Å². The number of amides is 1. The standard InChI is InChI=1S/C21H20ClN5O3S/c1-12-15(22)5-3-6-16(12)24-20-26-27-19(29)14-8-7-13(11-17(14)25-21(27)31-20)18(28)23-9-4-10-30-2/h3,5-8,11H,4,9-10H2,1-2H3,(H,23,28)(H,24,26). The molecule has 10 heteroatoms. The van der Waals surface area contributed by atoms with Crippen LogP contribution in [0, 0.1) is 6.92 Å². The van der Waals surface area contributed by atoms with Crippen molar-refractivity contribution in [3.05, 3.63) is 62.9 Å². The first kappa shape index (κ1) is 21.2. The molecule has 0 aliphatic rings. The summed E-state index contributed by atoms with van der Waals surface area (Å²) in [5, 5.41) is 11.9. The van der Waals surface area contributed by atoms with Crippen LogP contribution in [-0.2, 0) is 4.74 Å². The zero-order valence-corrected chi connectivity index (χ0v) is 18.5. The predicted molar refractivity (Wildman–Crippen MR) is 123 cm³/mol. The average molecular weight is 458 g/mol. The summed E-state index contributed by atoms with van der Waals surface area (Å²) < 4.78 is 6.24. The van der Waals surface area contributed by atoms with Gasteiger partial charge in [-0.25, -0.2) is 4.98 Å². The Morgan fingerprint density at radius 3 is 2.94 bits per heavy atom. The molecule has 0 radical (unpaired) electrons. The van der Waals surface area contributed by atoms with Gasteiger partial charge in [-0.2, -0.15) is 4.52 Å². The van der Waals surface area contributed by atoms with Gasteiger partial charge in [-0.05, 0) is 49.2 Å². The van der Waals surface area contributed by atoms with Crippen LogP contribution in [0.15, 0.2) is 41.2 Å². The van der Waals surface area contributed by atoms with E-state index in [0.717, 1.165) is 17.7 Å². The second kappa shape index (κ2) is 9.01. The molecule has 0 unspecified atom stereocenters. The quantitative estimate of drug-likeness (QED) is 0.410. The van der Waals surface area contributed by atoms with Gasteiger partial charge in [0.1, 0.15) is 0 Å². The van der Waals surface area contributed by atoms with Crippen LogP contribution in [-0.4, -0.2) is 40.8 Å². The maximum atomic E-state index is 12.9. The molecule has 0 aliphatic heterocycles. The highest BCUT2D eigenvalue weighted by atomic mass is 35.5. The maximum absolute atomic E-state index is 12.9. The topological polar surface area (TPSA) is 97.6 Å². The van der Waals surface area contributed by atoms with Gasteiger partial charge in [0.2, 0.25) is 10.1 Å². The summed E-state index contributed by atoms with van der Waals surface area (Å²) in [4.78, 5) is 30.3. The van der Waals surface area contributed by atoms with Crippen LogP contribution in [0.25, 0.3) is 15.9 Å². The third kappa shape index (κ3) is 4.39. The van der Waals surface area contributed by atoms with Crippen molar-refractivity contribution >= 4 is 55.5 Å². The van der Waals surface area contributed by atoms with Crippen molar-refractivity contribution in [3.63, 3.8) is 0 Å². The lowest BCUT2D eigenvalue weighted by molar-refractivity contribution is 0.0948. The highest BCUT2D eigenvalue weighted by Crippen LogP contribution is 2.28. The number of hydrogen-bond donors (Lipinski definition) is 2. The molecule has 4 aromatic rings. The van der Waals surface area contributed by atoms with Gasteiger partial charge in [-0.1, -0.05) is 29.0 Å². The number of benzene rings is 2. The maximum Gasteiger partial charge on any atom is 0.283 e. The highest BCUT2D eigenvalue weighted by Gasteiger charge is 2.14. The zero-order chi connectivity index (χ0) is 22.0. The molecular weight excluding hydrogens is 438 g/mol. The molecule has 0 aliphatic carbocycles. The number of halogens is 1. The molecule has 0 fully saturated rings. The van der Waals surface area contributed by atoms with Crippen LogP contribution in [0.1, 0.15) is 22.3 Å². The molecule has 0 bridgehead atoms. The molecule has 1 amide bonds. The number of nitrogens with zero attached hydrogens (tertiary/aromatic N) is 3. The Morgan fingerprint density at radius 1 is 1.29 bits per heavy atom. The molecule has 31 heavy (non-hydrogen) atoms. The second-order valence-electron chi connectivity index (χ2n) is 6.89. The predicted octanol–water partition coefficient (Wildman–Crippen LogP) is 3.78. The largest absolute Gasteiger partial charge is 0.385 e. The summed E-state index contributed by atoms with van der Waals surface area (Å²) >= 11 is 7.42. The summed E-state index contributed by atoms with van der Waals surface area (Å²) in [6, 6.07) is 10.4. The SMILES string of the molecule is COCCCNC(=O)c1ccc2c(=O)n3nc(Nc4cccc(Cl)c4C)sc3nc2c1. The monoisotopic (exact) mass is 457 g/mol. The van der Waals surface area contributed by atoms with Gasteiger partial charge < -0.3 is 15.4 Å². The van der Waals surface area contributed by atoms with Gasteiger partial charge in [-0.3, -0.25) is 9.59 Å². The van der Waals surface area contributed by atoms with E-state index in [1.54, 1.807) is 25.3 Å². The molecule has 0 spiro atoms. The third-order valence-corrected chi connectivity index (χ3v) is 6.01. The average Bonchev–Trinajstić information content (AvgIpc) is 3.17. The van der Waals surface area contributed by atoms with Crippen molar-refractivity contribution in [3.8, 4) is 0 Å². The molecule has 0 saturated heterocycles. The Hall–Kier alpha value is -3.01. The summed E-state index contributed by atoms with van der Waals surface area (Å²) in [7, 11) is 1.62. The number of carbonyl (C=O) groups is 1. The minimum Gasteiger partial charge on any atom is -0.385 e. The van der Waals surface area contributed by atoms with Crippen LogP contribution in [0.4, 0.5) is 10.8 Å². The Kier molecular flexibility index (Phi) is 6.17. The number of hydrogen-bond acceptors (Lipinski definition) is 7. The van der Waals surface area contributed by atoms with Crippen molar-refractivity contribution in [1.82, 2.24) is 19.9 Å². The summed E-state index contributed by atoms with van der Waals surface area (Å²) in [6.07, 6.45) is 0.721. The lowest BCUT2D eigenvalue weighted by Gasteiger charge is -2.06. The molecule has 2 heterocycles. The number of rotatable bonds is 7. The fourth-order valence-corrected chi connectivity index (χ4v) is 4.06. The van der Waals surface area contributed by atoms with E-state index in [0.29, 0.717) is 44.7 Å². The lowest BCUT2D eigenvalue weighted by Crippen LogP contribution is -2.25. The Bertz CT molecular complexity index is 1330. The van der Waals surface area contributed by atoms with Gasteiger partial charge in [-0.15, -0.1) is 5.10 Å². The number of fused-ring (bicyclic) bond motifs is 2. The van der Waals surface area contributed by atoms with E-state index in [-0.39, 0.29) is 11.5 Å². The normalized spacial score (nSPS) is 11.2. The van der Waals surface area contributed by atoms with Crippen molar-refractivity contribution in [2.45, 2.75) is 13.3 Å². The molecule has 2 aromatic heterocycles. The minimum absolute atomic E-state index is 0.219. The molecule has 8 nitrogen and oxygen atoms in total. The number of anilines is 2. The molecule has 2 N–H and O–H groups in total. The fraction of sp³-hybridized carbons (Fsp3) is 0.238. The number of carbonyl (C=O) groups excluding carboxylic acids is 1. The summed E-state index contributed by atoms with van der Waals surface area (Å²) in [5.74, 6) is -0.219. The smallest absolute Gasteiger partial charge is 0.283 e. The first-order valence-electron chi connectivity index (χ1n) is 9.61. The number of nitrogens with one attached hydrogen (secondary N) is 2. The van der Waals surface area contributed by atoms with E-state index in [2.05, 4.69) is 20.7 Å². The van der Waals surface area contributed by atoms with Crippen molar-refractivity contribution in [1.29, 1.82) is 0 Å². The van der Waals surface area contributed by atoms with Gasteiger partial charge in [0, 0.05) is 36.5 Å². The van der Waals surface area contributed by atoms with E-state index in [1.807, 2.05) is 25.1 Å². The molecule has 0 atom stereocenters. The third-order valence-electron chi connectivity index (χ3n) is 4.78. The molecule has 4 rings (SSSR count). The Labute approximate surface area is 186 Å². The number of ether oxygens (including phenoxy) is 1. The number of methoxy groups -OCH3 is 1. The summed E-state index contributed by atoms with van der Waals surface area (Å²) in [6.45, 7) is 2.98. The molecular formula is C21H20ClN5O3S.